The molecule has 13 nitrogen and oxygen atoms in total. The van der Waals surface area contributed by atoms with Gasteiger partial charge in [0, 0.05) is 84.0 Å². The molecule has 0 N–H and O–H groups in total. The Morgan fingerprint density at radius 1 is 0.744 bits per heavy atom. The zero-order chi connectivity index (χ0) is 28.8. The molecule has 1 unspecified atom stereocenters. The summed E-state index contributed by atoms with van der Waals surface area (Å²) in [6.07, 6.45) is -0.761. The highest BCUT2D eigenvalue weighted by molar-refractivity contribution is 5.73. The van der Waals surface area contributed by atoms with Crippen LogP contribution in [-0.4, -0.2) is 122 Å². The lowest BCUT2D eigenvalue weighted by Gasteiger charge is -2.38. The maximum atomic E-state index is 11.9. The van der Waals surface area contributed by atoms with E-state index in [2.05, 4.69) is 4.90 Å². The molecule has 0 aliphatic carbocycles. The Hall–Kier alpha value is -3.26. The Bertz CT molecular complexity index is 912. The number of hydrogen-bond donors (Lipinski definition) is 0. The van der Waals surface area contributed by atoms with Crippen LogP contribution in [-0.2, 0) is 25.7 Å². The van der Waals surface area contributed by atoms with Crippen molar-refractivity contribution < 1.29 is 44.3 Å². The number of aliphatic carboxylic acids is 4. The van der Waals surface area contributed by atoms with Gasteiger partial charge in [-0.25, -0.2) is 0 Å². The number of carboxylic acid groups (broad SMARTS) is 4. The van der Waals surface area contributed by atoms with E-state index in [9.17, 15) is 39.6 Å². The van der Waals surface area contributed by atoms with Crippen molar-refractivity contribution in [3.8, 4) is 5.75 Å². The number of carbonyl (C=O) groups is 4. The number of hydrogen-bond acceptors (Lipinski definition) is 13. The first-order chi connectivity index (χ1) is 18.6. The SMILES string of the molecule is CCOc1ccc(CN2CCN(CC(=O)[O-])CCN(C(CCC(=O)[O-])C(=O)[O-])CCN(CC(=O)[O-])CC2)cc1. The number of carboxylic acids is 4. The van der Waals surface area contributed by atoms with Gasteiger partial charge in [-0.3, -0.25) is 19.6 Å². The Balaban J connectivity index is 2.24. The number of nitrogens with zero attached hydrogens (tertiary/aromatic N) is 4. The van der Waals surface area contributed by atoms with E-state index in [1.165, 1.54) is 4.90 Å². The largest absolute Gasteiger partial charge is 0.550 e. The molecule has 0 saturated carbocycles. The van der Waals surface area contributed by atoms with Gasteiger partial charge < -0.3 is 44.3 Å². The third-order valence-corrected chi connectivity index (χ3v) is 6.55. The summed E-state index contributed by atoms with van der Waals surface area (Å²) < 4.78 is 5.49. The van der Waals surface area contributed by atoms with E-state index in [0.29, 0.717) is 39.3 Å². The number of benzene rings is 1. The van der Waals surface area contributed by atoms with Gasteiger partial charge in [-0.2, -0.15) is 0 Å². The van der Waals surface area contributed by atoms with E-state index in [-0.39, 0.29) is 45.7 Å². The molecule has 218 valence electrons. The molecular formula is C26H36N4O9-4. The Morgan fingerprint density at radius 3 is 1.67 bits per heavy atom. The molecule has 39 heavy (non-hydrogen) atoms. The standard InChI is InChI=1S/C26H40N4O9/c1-2-39-21-5-3-20(4-6-21)17-27-9-11-28(18-24(33)34)13-15-30(22(26(37)38)7-8-23(31)32)16-14-29(12-10-27)19-25(35)36/h3-6,22H,2,7-19H2,1H3,(H,31,32)(H,33,34)(H,35,36)(H,37,38)/p-4. The van der Waals surface area contributed by atoms with Gasteiger partial charge in [0.1, 0.15) is 5.75 Å². The van der Waals surface area contributed by atoms with Gasteiger partial charge in [0.15, 0.2) is 0 Å². The molecule has 1 fully saturated rings. The summed E-state index contributed by atoms with van der Waals surface area (Å²) in [5.41, 5.74) is 0.999. The predicted octanol–water partition coefficient (Wildman–Crippen LogP) is -5.04. The first-order valence-electron chi connectivity index (χ1n) is 13.0. The van der Waals surface area contributed by atoms with Crippen LogP contribution >= 0.6 is 0 Å². The second-order valence-electron chi connectivity index (χ2n) is 9.43. The molecule has 0 aromatic heterocycles. The normalized spacial score (nSPS) is 18.0. The molecule has 0 spiro atoms. The summed E-state index contributed by atoms with van der Waals surface area (Å²) >= 11 is 0. The molecule has 1 saturated heterocycles. The third-order valence-electron chi connectivity index (χ3n) is 6.55. The van der Waals surface area contributed by atoms with Crippen molar-refractivity contribution in [3.63, 3.8) is 0 Å². The van der Waals surface area contributed by atoms with Gasteiger partial charge >= 0.3 is 0 Å². The second kappa shape index (κ2) is 16.6. The van der Waals surface area contributed by atoms with Crippen molar-refractivity contribution >= 4 is 23.9 Å². The molecule has 13 heteroatoms. The van der Waals surface area contributed by atoms with Crippen LogP contribution in [0.25, 0.3) is 0 Å². The summed E-state index contributed by atoms with van der Waals surface area (Å²) in [5, 5.41) is 45.6. The topological polar surface area (TPSA) is 183 Å². The van der Waals surface area contributed by atoms with Crippen LogP contribution in [0, 0.1) is 0 Å². The average molecular weight is 549 g/mol. The molecule has 1 aliphatic heterocycles. The molecule has 1 aromatic carbocycles. The van der Waals surface area contributed by atoms with E-state index < -0.39 is 36.3 Å². The number of ether oxygens (including phenoxy) is 1. The quantitative estimate of drug-likeness (QED) is 0.228. The highest BCUT2D eigenvalue weighted by Crippen LogP contribution is 2.14. The van der Waals surface area contributed by atoms with Gasteiger partial charge in [-0.05, 0) is 37.5 Å². The van der Waals surface area contributed by atoms with Crippen LogP contribution in [0.2, 0.25) is 0 Å². The van der Waals surface area contributed by atoms with Crippen molar-refractivity contribution in [3.05, 3.63) is 29.8 Å². The van der Waals surface area contributed by atoms with Crippen molar-refractivity contribution in [2.45, 2.75) is 32.4 Å². The van der Waals surface area contributed by atoms with Crippen molar-refractivity contribution in [2.24, 2.45) is 0 Å². The van der Waals surface area contributed by atoms with Crippen LogP contribution in [0.4, 0.5) is 0 Å². The summed E-state index contributed by atoms with van der Waals surface area (Å²) in [5.74, 6) is -4.68. The number of rotatable bonds is 13. The van der Waals surface area contributed by atoms with Crippen LogP contribution in [0.1, 0.15) is 25.3 Å². The van der Waals surface area contributed by atoms with E-state index in [4.69, 9.17) is 4.74 Å². The van der Waals surface area contributed by atoms with Gasteiger partial charge in [0.25, 0.3) is 0 Å². The van der Waals surface area contributed by atoms with Crippen molar-refractivity contribution in [2.75, 3.05) is 72.1 Å². The van der Waals surface area contributed by atoms with Crippen molar-refractivity contribution in [1.82, 2.24) is 19.6 Å². The maximum Gasteiger partial charge on any atom is 0.119 e. The zero-order valence-electron chi connectivity index (χ0n) is 22.2. The lowest BCUT2D eigenvalue weighted by atomic mass is 10.1. The monoisotopic (exact) mass is 548 g/mol. The van der Waals surface area contributed by atoms with E-state index in [1.54, 1.807) is 9.80 Å². The fourth-order valence-electron chi connectivity index (χ4n) is 4.52. The number of carbonyl (C=O) groups excluding carboxylic acids is 4. The van der Waals surface area contributed by atoms with Gasteiger partial charge in [-0.1, -0.05) is 12.1 Å². The van der Waals surface area contributed by atoms with Crippen LogP contribution in [0.15, 0.2) is 24.3 Å². The zero-order valence-corrected chi connectivity index (χ0v) is 22.2. The molecule has 1 atom stereocenters. The first-order valence-corrected chi connectivity index (χ1v) is 13.0. The van der Waals surface area contributed by atoms with E-state index in [0.717, 1.165) is 11.3 Å². The lowest BCUT2D eigenvalue weighted by molar-refractivity contribution is -0.314. The summed E-state index contributed by atoms with van der Waals surface area (Å²) in [6, 6.07) is 6.33. The van der Waals surface area contributed by atoms with Crippen LogP contribution in [0.5, 0.6) is 5.75 Å². The van der Waals surface area contributed by atoms with Crippen molar-refractivity contribution in [1.29, 1.82) is 0 Å². The summed E-state index contributed by atoms with van der Waals surface area (Å²) in [6.45, 7) is 4.33. The molecule has 1 aliphatic rings. The van der Waals surface area contributed by atoms with Gasteiger partial charge in [0.05, 0.1) is 24.5 Å². The fraction of sp³-hybridized carbons (Fsp3) is 0.615. The predicted molar refractivity (Wildman–Crippen MR) is 130 cm³/mol. The smallest absolute Gasteiger partial charge is 0.119 e. The molecule has 0 radical (unpaired) electrons. The highest BCUT2D eigenvalue weighted by Gasteiger charge is 2.23. The average Bonchev–Trinajstić information content (AvgIpc) is 2.85. The first kappa shape index (κ1) is 32.0. The third kappa shape index (κ3) is 12.4. The lowest BCUT2D eigenvalue weighted by Crippen LogP contribution is -2.55. The maximum absolute atomic E-state index is 11.9. The van der Waals surface area contributed by atoms with Crippen LogP contribution < -0.4 is 25.2 Å². The molecule has 0 bridgehead atoms. The Labute approximate surface area is 228 Å². The Kier molecular flexibility index (Phi) is 13.6. The molecular weight excluding hydrogens is 512 g/mol. The minimum Gasteiger partial charge on any atom is -0.550 e. The Morgan fingerprint density at radius 2 is 1.23 bits per heavy atom. The minimum atomic E-state index is -1.47. The molecule has 0 amide bonds. The second-order valence-corrected chi connectivity index (χ2v) is 9.43. The summed E-state index contributed by atoms with van der Waals surface area (Å²) in [7, 11) is 0. The molecule has 1 aromatic rings. The minimum absolute atomic E-state index is 0.0943. The summed E-state index contributed by atoms with van der Waals surface area (Å²) in [4.78, 5) is 52.5. The molecule has 2 rings (SSSR count). The van der Waals surface area contributed by atoms with Crippen LogP contribution in [0.3, 0.4) is 0 Å². The van der Waals surface area contributed by atoms with Gasteiger partial charge in [0.2, 0.25) is 0 Å². The van der Waals surface area contributed by atoms with Gasteiger partial charge in [-0.15, -0.1) is 0 Å². The fourth-order valence-corrected chi connectivity index (χ4v) is 4.52. The van der Waals surface area contributed by atoms with E-state index in [1.807, 2.05) is 31.2 Å². The highest BCUT2D eigenvalue weighted by atomic mass is 16.5. The molecule has 1 heterocycles. The van der Waals surface area contributed by atoms with E-state index >= 15 is 0 Å².